The molecule has 0 bridgehead atoms. The van der Waals surface area contributed by atoms with Crippen molar-refractivity contribution < 1.29 is 0 Å². The van der Waals surface area contributed by atoms with Crippen molar-refractivity contribution >= 4 is 24.0 Å². The molecule has 0 unspecified atom stereocenters. The Hall–Kier alpha value is -0.240. The highest BCUT2D eigenvalue weighted by molar-refractivity contribution is 6.30. The lowest BCUT2D eigenvalue weighted by Gasteiger charge is -2.43. The Labute approximate surface area is 134 Å². The molecule has 1 saturated heterocycles. The minimum atomic E-state index is 0. The molecule has 1 saturated carbocycles. The van der Waals surface area contributed by atoms with Crippen molar-refractivity contribution in [2.45, 2.75) is 50.4 Å². The van der Waals surface area contributed by atoms with E-state index < -0.39 is 0 Å². The lowest BCUT2D eigenvalue weighted by atomic mass is 9.62. The molecule has 1 aromatic carbocycles. The van der Waals surface area contributed by atoms with Gasteiger partial charge < -0.3 is 4.90 Å². The second-order valence-electron chi connectivity index (χ2n) is 6.29. The first-order chi connectivity index (χ1) is 9.28. The van der Waals surface area contributed by atoms with Crippen LogP contribution < -0.4 is 0 Å². The van der Waals surface area contributed by atoms with Crippen LogP contribution in [0.4, 0.5) is 0 Å². The van der Waals surface area contributed by atoms with Gasteiger partial charge in [-0.25, -0.2) is 0 Å². The quantitative estimate of drug-likeness (QED) is 0.734. The largest absolute Gasteiger partial charge is 0.303 e. The molecular formula is C17H25Cl2N. The Morgan fingerprint density at radius 2 is 1.65 bits per heavy atom. The molecule has 0 spiro atoms. The zero-order chi connectivity index (χ0) is 13.1. The second kappa shape index (κ2) is 7.15. The van der Waals surface area contributed by atoms with E-state index in [0.717, 1.165) is 5.02 Å². The number of rotatable bonds is 5. The average Bonchev–Trinajstić information content (AvgIpc) is 2.87. The standard InChI is InChI=1S/C17H24ClN.ClH/c18-16-7-5-15(6-8-16)17(9-3-10-17)11-4-14-19-12-1-2-13-19;/h5-8H,1-4,9-14H2;1H. The predicted octanol–water partition coefficient (Wildman–Crippen LogP) is 5.06. The van der Waals surface area contributed by atoms with Gasteiger partial charge in [0.1, 0.15) is 0 Å². The molecule has 2 fully saturated rings. The Morgan fingerprint density at radius 1 is 1.00 bits per heavy atom. The number of hydrogen-bond donors (Lipinski definition) is 0. The predicted molar refractivity (Wildman–Crippen MR) is 89.1 cm³/mol. The van der Waals surface area contributed by atoms with Crippen LogP contribution in [0.2, 0.25) is 5.02 Å². The number of hydrogen-bond acceptors (Lipinski definition) is 1. The first-order valence-corrected chi connectivity index (χ1v) is 8.15. The summed E-state index contributed by atoms with van der Waals surface area (Å²) in [6.07, 6.45) is 9.65. The Kier molecular flexibility index (Phi) is 5.77. The zero-order valence-corrected chi connectivity index (χ0v) is 13.7. The summed E-state index contributed by atoms with van der Waals surface area (Å²) >= 11 is 6.01. The molecule has 20 heavy (non-hydrogen) atoms. The van der Waals surface area contributed by atoms with E-state index in [1.165, 1.54) is 70.1 Å². The van der Waals surface area contributed by atoms with E-state index in [4.69, 9.17) is 11.6 Å². The van der Waals surface area contributed by atoms with E-state index in [0.29, 0.717) is 5.41 Å². The molecule has 3 heteroatoms. The molecule has 1 aromatic rings. The Balaban J connectivity index is 0.00000147. The van der Waals surface area contributed by atoms with E-state index >= 15 is 0 Å². The first kappa shape index (κ1) is 16.1. The van der Waals surface area contributed by atoms with Gasteiger partial charge in [-0.3, -0.25) is 0 Å². The fourth-order valence-corrected chi connectivity index (χ4v) is 3.86. The summed E-state index contributed by atoms with van der Waals surface area (Å²) in [4.78, 5) is 2.63. The third-order valence-corrected chi connectivity index (χ3v) is 5.35. The van der Waals surface area contributed by atoms with Gasteiger partial charge in [-0.1, -0.05) is 30.2 Å². The highest BCUT2D eigenvalue weighted by atomic mass is 35.5. The van der Waals surface area contributed by atoms with Crippen molar-refractivity contribution in [3.63, 3.8) is 0 Å². The lowest BCUT2D eigenvalue weighted by molar-refractivity contribution is 0.206. The molecule has 0 amide bonds. The molecule has 3 rings (SSSR count). The molecule has 1 aliphatic carbocycles. The van der Waals surface area contributed by atoms with Gasteiger partial charge in [-0.05, 0) is 81.3 Å². The molecule has 0 atom stereocenters. The summed E-state index contributed by atoms with van der Waals surface area (Å²) in [7, 11) is 0. The minimum Gasteiger partial charge on any atom is -0.303 e. The topological polar surface area (TPSA) is 3.24 Å². The van der Waals surface area contributed by atoms with E-state index in [-0.39, 0.29) is 12.4 Å². The summed E-state index contributed by atoms with van der Waals surface area (Å²) in [6, 6.07) is 8.60. The van der Waals surface area contributed by atoms with Crippen LogP contribution in [0.25, 0.3) is 0 Å². The third kappa shape index (κ3) is 3.50. The number of benzene rings is 1. The van der Waals surface area contributed by atoms with Crippen LogP contribution >= 0.6 is 24.0 Å². The van der Waals surface area contributed by atoms with Crippen LogP contribution in [0.3, 0.4) is 0 Å². The monoisotopic (exact) mass is 313 g/mol. The van der Waals surface area contributed by atoms with Gasteiger partial charge in [0.05, 0.1) is 0 Å². The zero-order valence-electron chi connectivity index (χ0n) is 12.1. The molecule has 112 valence electrons. The number of halogens is 2. The molecule has 0 radical (unpaired) electrons. The van der Waals surface area contributed by atoms with Crippen LogP contribution in [0.1, 0.15) is 50.5 Å². The molecule has 2 aliphatic rings. The molecular weight excluding hydrogens is 289 g/mol. The van der Waals surface area contributed by atoms with Crippen LogP contribution in [-0.4, -0.2) is 24.5 Å². The van der Waals surface area contributed by atoms with Crippen molar-refractivity contribution in [1.29, 1.82) is 0 Å². The molecule has 1 heterocycles. The van der Waals surface area contributed by atoms with Gasteiger partial charge >= 0.3 is 0 Å². The molecule has 1 aliphatic heterocycles. The lowest BCUT2D eigenvalue weighted by Crippen LogP contribution is -2.35. The van der Waals surface area contributed by atoms with Crippen molar-refractivity contribution in [3.05, 3.63) is 34.9 Å². The maximum absolute atomic E-state index is 6.01. The fourth-order valence-electron chi connectivity index (χ4n) is 3.74. The van der Waals surface area contributed by atoms with Crippen LogP contribution in [0.15, 0.2) is 24.3 Å². The average molecular weight is 314 g/mol. The smallest absolute Gasteiger partial charge is 0.0406 e. The normalized spacial score (nSPS) is 21.2. The van der Waals surface area contributed by atoms with Crippen molar-refractivity contribution in [2.24, 2.45) is 0 Å². The Morgan fingerprint density at radius 3 is 2.20 bits per heavy atom. The van der Waals surface area contributed by atoms with E-state index in [1.807, 2.05) is 0 Å². The van der Waals surface area contributed by atoms with E-state index in [9.17, 15) is 0 Å². The van der Waals surface area contributed by atoms with Crippen molar-refractivity contribution in [1.82, 2.24) is 4.90 Å². The number of nitrogens with zero attached hydrogens (tertiary/aromatic N) is 1. The Bertz CT molecular complexity index is 406. The highest BCUT2D eigenvalue weighted by Crippen LogP contribution is 2.47. The second-order valence-corrected chi connectivity index (χ2v) is 6.73. The summed E-state index contributed by atoms with van der Waals surface area (Å²) in [5.41, 5.74) is 1.99. The van der Waals surface area contributed by atoms with Gasteiger partial charge in [-0.2, -0.15) is 0 Å². The van der Waals surface area contributed by atoms with Gasteiger partial charge in [0.15, 0.2) is 0 Å². The maximum Gasteiger partial charge on any atom is 0.0406 e. The molecule has 0 N–H and O–H groups in total. The highest BCUT2D eigenvalue weighted by Gasteiger charge is 2.37. The van der Waals surface area contributed by atoms with Gasteiger partial charge in [-0.15, -0.1) is 12.4 Å². The van der Waals surface area contributed by atoms with Crippen LogP contribution in [0.5, 0.6) is 0 Å². The van der Waals surface area contributed by atoms with E-state index in [1.54, 1.807) is 0 Å². The van der Waals surface area contributed by atoms with E-state index in [2.05, 4.69) is 29.2 Å². The van der Waals surface area contributed by atoms with Crippen molar-refractivity contribution in [2.75, 3.05) is 19.6 Å². The van der Waals surface area contributed by atoms with Crippen LogP contribution in [0, 0.1) is 0 Å². The summed E-state index contributed by atoms with van der Waals surface area (Å²) in [6.45, 7) is 3.96. The SMILES string of the molecule is Cl.Clc1ccc(C2(CCCN3CCCC3)CCC2)cc1. The van der Waals surface area contributed by atoms with Gasteiger partial charge in [0, 0.05) is 5.02 Å². The maximum atomic E-state index is 6.01. The summed E-state index contributed by atoms with van der Waals surface area (Å²) in [5.74, 6) is 0. The summed E-state index contributed by atoms with van der Waals surface area (Å²) in [5, 5.41) is 0.857. The van der Waals surface area contributed by atoms with Crippen LogP contribution in [-0.2, 0) is 5.41 Å². The summed E-state index contributed by atoms with van der Waals surface area (Å²) < 4.78 is 0. The molecule has 1 nitrogen and oxygen atoms in total. The number of likely N-dealkylation sites (tertiary alicyclic amines) is 1. The molecule has 0 aromatic heterocycles. The van der Waals surface area contributed by atoms with Gasteiger partial charge in [0.25, 0.3) is 0 Å². The first-order valence-electron chi connectivity index (χ1n) is 7.77. The van der Waals surface area contributed by atoms with Crippen molar-refractivity contribution in [3.8, 4) is 0 Å². The fraction of sp³-hybridized carbons (Fsp3) is 0.647. The third-order valence-electron chi connectivity index (χ3n) is 5.10. The van der Waals surface area contributed by atoms with Gasteiger partial charge in [0.2, 0.25) is 0 Å². The minimum absolute atomic E-state index is 0.